The average Bonchev–Trinajstić information content (AvgIpc) is 2.80. The lowest BCUT2D eigenvalue weighted by Gasteiger charge is -2.06. The molecule has 0 radical (unpaired) electrons. The maximum atomic E-state index is 4.49. The second-order valence-corrected chi connectivity index (χ2v) is 4.37. The molecular formula is C13H20N6. The van der Waals surface area contributed by atoms with Crippen LogP contribution in [0.4, 0.5) is 5.82 Å². The Kier molecular flexibility index (Phi) is 4.09. The Bertz CT molecular complexity index is 560. The Morgan fingerprint density at radius 1 is 1.11 bits per heavy atom. The number of nitrogens with zero attached hydrogens (tertiary/aromatic N) is 5. The van der Waals surface area contributed by atoms with E-state index in [1.165, 1.54) is 0 Å². The predicted molar refractivity (Wildman–Crippen MR) is 74.2 cm³/mol. The van der Waals surface area contributed by atoms with Gasteiger partial charge in [-0.05, 0) is 6.92 Å². The quantitative estimate of drug-likeness (QED) is 0.884. The summed E-state index contributed by atoms with van der Waals surface area (Å²) in [6, 6.07) is 1.92. The van der Waals surface area contributed by atoms with Crippen LogP contribution >= 0.6 is 0 Å². The summed E-state index contributed by atoms with van der Waals surface area (Å²) in [5, 5.41) is 7.53. The first kappa shape index (κ1) is 13.5. The first-order chi connectivity index (χ1) is 9.16. The van der Waals surface area contributed by atoms with Crippen LogP contribution in [0.3, 0.4) is 0 Å². The van der Waals surface area contributed by atoms with Crippen molar-refractivity contribution in [2.45, 2.75) is 40.2 Å². The monoisotopic (exact) mass is 260 g/mol. The van der Waals surface area contributed by atoms with Gasteiger partial charge in [-0.3, -0.25) is 0 Å². The molecule has 0 fully saturated rings. The number of aromatic nitrogens is 5. The molecule has 0 saturated heterocycles. The number of rotatable bonds is 5. The van der Waals surface area contributed by atoms with Crippen molar-refractivity contribution in [3.8, 4) is 0 Å². The van der Waals surface area contributed by atoms with Crippen molar-refractivity contribution in [1.29, 1.82) is 0 Å². The van der Waals surface area contributed by atoms with Crippen molar-refractivity contribution in [1.82, 2.24) is 24.7 Å². The molecule has 1 N–H and O–H groups in total. The van der Waals surface area contributed by atoms with Crippen molar-refractivity contribution in [2.75, 3.05) is 12.4 Å². The summed E-state index contributed by atoms with van der Waals surface area (Å²) >= 11 is 0. The summed E-state index contributed by atoms with van der Waals surface area (Å²) < 4.78 is 1.90. The van der Waals surface area contributed by atoms with Crippen molar-refractivity contribution in [2.24, 2.45) is 0 Å². The second-order valence-electron chi connectivity index (χ2n) is 4.37. The number of anilines is 1. The highest BCUT2D eigenvalue weighted by atomic mass is 15.4. The summed E-state index contributed by atoms with van der Waals surface area (Å²) in [6.07, 6.45) is 1.70. The fourth-order valence-corrected chi connectivity index (χ4v) is 1.93. The van der Waals surface area contributed by atoms with Crippen molar-refractivity contribution in [3.05, 3.63) is 29.2 Å². The van der Waals surface area contributed by atoms with Crippen LogP contribution < -0.4 is 5.32 Å². The van der Waals surface area contributed by atoms with Crippen LogP contribution in [0.1, 0.15) is 37.0 Å². The molecule has 0 unspecified atom stereocenters. The molecule has 2 aromatic heterocycles. The van der Waals surface area contributed by atoms with Crippen molar-refractivity contribution in [3.63, 3.8) is 0 Å². The van der Waals surface area contributed by atoms with Crippen LogP contribution in [0.25, 0.3) is 0 Å². The molecule has 0 aliphatic rings. The van der Waals surface area contributed by atoms with E-state index in [1.807, 2.05) is 24.7 Å². The van der Waals surface area contributed by atoms with E-state index in [2.05, 4.69) is 39.2 Å². The third-order valence-electron chi connectivity index (χ3n) is 2.87. The molecule has 2 aromatic rings. The molecular weight excluding hydrogens is 240 g/mol. The number of nitrogens with one attached hydrogen (secondary N) is 1. The summed E-state index contributed by atoms with van der Waals surface area (Å²) in [4.78, 5) is 13.4. The Morgan fingerprint density at radius 2 is 1.89 bits per heavy atom. The highest BCUT2D eigenvalue weighted by Gasteiger charge is 2.09. The molecule has 0 aliphatic carbocycles. The highest BCUT2D eigenvalue weighted by Crippen LogP contribution is 2.08. The topological polar surface area (TPSA) is 68.5 Å². The molecule has 2 rings (SSSR count). The zero-order valence-corrected chi connectivity index (χ0v) is 11.9. The first-order valence-electron chi connectivity index (χ1n) is 6.61. The van der Waals surface area contributed by atoms with E-state index in [4.69, 9.17) is 0 Å². The number of aryl methyl sites for hydroxylation is 3. The van der Waals surface area contributed by atoms with Gasteiger partial charge in [-0.25, -0.2) is 19.6 Å². The molecule has 0 saturated carbocycles. The lowest BCUT2D eigenvalue weighted by molar-refractivity contribution is 0.612. The number of hydrogen-bond acceptors (Lipinski definition) is 5. The van der Waals surface area contributed by atoms with Gasteiger partial charge >= 0.3 is 0 Å². The smallest absolute Gasteiger partial charge is 0.152 e. The Labute approximate surface area is 113 Å². The fourth-order valence-electron chi connectivity index (χ4n) is 1.93. The molecule has 19 heavy (non-hydrogen) atoms. The maximum absolute atomic E-state index is 4.49. The average molecular weight is 260 g/mol. The van der Waals surface area contributed by atoms with Crippen LogP contribution in [0.5, 0.6) is 0 Å². The SMILES string of the molecule is CCc1nc(CC)n(Cc2nc(C)cc(NC)n2)n1. The Hall–Kier alpha value is -1.98. The predicted octanol–water partition coefficient (Wildman–Crippen LogP) is 1.59. The van der Waals surface area contributed by atoms with Gasteiger partial charge in [0, 0.05) is 31.6 Å². The van der Waals surface area contributed by atoms with E-state index in [0.717, 1.165) is 41.8 Å². The van der Waals surface area contributed by atoms with Gasteiger partial charge in [-0.15, -0.1) is 0 Å². The molecule has 0 atom stereocenters. The molecule has 0 bridgehead atoms. The third-order valence-corrected chi connectivity index (χ3v) is 2.87. The van der Waals surface area contributed by atoms with Crippen LogP contribution in [0, 0.1) is 6.92 Å². The van der Waals surface area contributed by atoms with Gasteiger partial charge in [0.25, 0.3) is 0 Å². The van der Waals surface area contributed by atoms with Crippen molar-refractivity contribution >= 4 is 5.82 Å². The minimum atomic E-state index is 0.562. The van der Waals surface area contributed by atoms with Crippen LogP contribution in [0.2, 0.25) is 0 Å². The minimum Gasteiger partial charge on any atom is -0.373 e. The summed E-state index contributed by atoms with van der Waals surface area (Å²) in [5.74, 6) is 3.44. The van der Waals surface area contributed by atoms with Gasteiger partial charge in [0.2, 0.25) is 0 Å². The molecule has 0 aliphatic heterocycles. The van der Waals surface area contributed by atoms with Crippen LogP contribution in [0.15, 0.2) is 6.07 Å². The molecule has 0 aromatic carbocycles. The summed E-state index contributed by atoms with van der Waals surface area (Å²) in [6.45, 7) is 6.66. The normalized spacial score (nSPS) is 10.7. The third kappa shape index (κ3) is 3.07. The molecule has 0 amide bonds. The van der Waals surface area contributed by atoms with Crippen molar-refractivity contribution < 1.29 is 0 Å². The van der Waals surface area contributed by atoms with Crippen LogP contribution in [-0.2, 0) is 19.4 Å². The van der Waals surface area contributed by atoms with Gasteiger partial charge < -0.3 is 5.32 Å². The molecule has 102 valence electrons. The fraction of sp³-hybridized carbons (Fsp3) is 0.538. The van der Waals surface area contributed by atoms with E-state index in [-0.39, 0.29) is 0 Å². The second kappa shape index (κ2) is 5.77. The Morgan fingerprint density at radius 3 is 2.53 bits per heavy atom. The number of hydrogen-bond donors (Lipinski definition) is 1. The molecule has 6 nitrogen and oxygen atoms in total. The van der Waals surface area contributed by atoms with E-state index < -0.39 is 0 Å². The lowest BCUT2D eigenvalue weighted by Crippen LogP contribution is -2.11. The van der Waals surface area contributed by atoms with E-state index in [1.54, 1.807) is 0 Å². The molecule has 6 heteroatoms. The lowest BCUT2D eigenvalue weighted by atomic mass is 10.4. The standard InChI is InChI=1S/C13H20N6/c1-5-10-17-13(6-2)19(18-10)8-12-15-9(3)7-11(14-4)16-12/h7H,5-6,8H2,1-4H3,(H,14,15,16). The van der Waals surface area contributed by atoms with Gasteiger partial charge in [0.15, 0.2) is 11.6 Å². The van der Waals surface area contributed by atoms with Gasteiger partial charge in [0.05, 0.1) is 0 Å². The minimum absolute atomic E-state index is 0.562. The van der Waals surface area contributed by atoms with E-state index in [9.17, 15) is 0 Å². The summed E-state index contributed by atoms with van der Waals surface area (Å²) in [7, 11) is 1.85. The maximum Gasteiger partial charge on any atom is 0.152 e. The zero-order chi connectivity index (χ0) is 13.8. The van der Waals surface area contributed by atoms with Gasteiger partial charge in [0.1, 0.15) is 18.2 Å². The van der Waals surface area contributed by atoms with Gasteiger partial charge in [-0.1, -0.05) is 13.8 Å². The molecule has 0 spiro atoms. The van der Waals surface area contributed by atoms with Crippen LogP contribution in [-0.4, -0.2) is 31.8 Å². The van der Waals surface area contributed by atoms with Gasteiger partial charge in [-0.2, -0.15) is 5.10 Å². The van der Waals surface area contributed by atoms with E-state index in [0.29, 0.717) is 6.54 Å². The van der Waals surface area contributed by atoms with E-state index >= 15 is 0 Å². The Balaban J connectivity index is 2.29. The highest BCUT2D eigenvalue weighted by molar-refractivity contribution is 5.34. The first-order valence-corrected chi connectivity index (χ1v) is 6.61. The largest absolute Gasteiger partial charge is 0.373 e. The zero-order valence-electron chi connectivity index (χ0n) is 11.9. The molecule has 2 heterocycles. The summed E-state index contributed by atoms with van der Waals surface area (Å²) in [5.41, 5.74) is 0.947.